The van der Waals surface area contributed by atoms with Gasteiger partial charge < -0.3 is 20.9 Å². The Hall–Kier alpha value is -2.76. The maximum atomic E-state index is 11.2. The molecule has 0 amide bonds. The third-order valence-corrected chi connectivity index (χ3v) is 2.63. The number of ether oxygens (including phenoxy) is 1. The van der Waals surface area contributed by atoms with Crippen LogP contribution in [0.3, 0.4) is 0 Å². The van der Waals surface area contributed by atoms with Crippen molar-refractivity contribution in [2.75, 3.05) is 11.1 Å². The van der Waals surface area contributed by atoms with Crippen LogP contribution in [0.2, 0.25) is 0 Å². The van der Waals surface area contributed by atoms with Crippen LogP contribution in [0.5, 0.6) is 5.75 Å². The minimum absolute atomic E-state index is 0.0255. The zero-order valence-electron chi connectivity index (χ0n) is 11.8. The lowest BCUT2D eigenvalue weighted by molar-refractivity contribution is 0.0697. The van der Waals surface area contributed by atoms with Crippen molar-refractivity contribution in [2.24, 2.45) is 0 Å². The number of pyridine rings is 1. The number of aromatic carboxylic acids is 1. The van der Waals surface area contributed by atoms with Gasteiger partial charge in [-0.3, -0.25) is 0 Å². The zero-order valence-corrected chi connectivity index (χ0v) is 11.8. The highest BCUT2D eigenvalue weighted by Gasteiger charge is 2.12. The van der Waals surface area contributed by atoms with Gasteiger partial charge in [0.2, 0.25) is 0 Å². The first-order chi connectivity index (χ1) is 9.95. The van der Waals surface area contributed by atoms with Crippen molar-refractivity contribution < 1.29 is 14.6 Å². The van der Waals surface area contributed by atoms with Gasteiger partial charge in [0.05, 0.1) is 18.0 Å². The molecular formula is C15H17N3O3. The third-order valence-electron chi connectivity index (χ3n) is 2.63. The Balaban J connectivity index is 2.20. The van der Waals surface area contributed by atoms with Crippen LogP contribution in [0.15, 0.2) is 36.5 Å². The van der Waals surface area contributed by atoms with Gasteiger partial charge >= 0.3 is 5.97 Å². The molecule has 2 rings (SSSR count). The molecule has 0 atom stereocenters. The van der Waals surface area contributed by atoms with Gasteiger partial charge in [0.15, 0.2) is 0 Å². The summed E-state index contributed by atoms with van der Waals surface area (Å²) in [4.78, 5) is 15.2. The van der Waals surface area contributed by atoms with Gasteiger partial charge in [-0.15, -0.1) is 0 Å². The Morgan fingerprint density at radius 2 is 2.00 bits per heavy atom. The van der Waals surface area contributed by atoms with Crippen molar-refractivity contribution in [2.45, 2.75) is 20.0 Å². The van der Waals surface area contributed by atoms with Gasteiger partial charge in [-0.1, -0.05) is 0 Å². The first-order valence-electron chi connectivity index (χ1n) is 6.48. The van der Waals surface area contributed by atoms with Gasteiger partial charge in [-0.25, -0.2) is 9.78 Å². The standard InChI is InChI=1S/C15H17N3O3/c1-9(2)21-12-5-3-11(4-6-12)18-14-13(15(19)20)7-10(16)8-17-14/h3-9H,16H2,1-2H3,(H,17,18)(H,19,20). The van der Waals surface area contributed by atoms with E-state index in [1.54, 1.807) is 24.3 Å². The number of hydrogen-bond donors (Lipinski definition) is 3. The van der Waals surface area contributed by atoms with Crippen LogP contribution in [0.1, 0.15) is 24.2 Å². The molecule has 6 heteroatoms. The van der Waals surface area contributed by atoms with E-state index >= 15 is 0 Å². The van der Waals surface area contributed by atoms with Gasteiger partial charge in [0.1, 0.15) is 17.1 Å². The maximum absolute atomic E-state index is 11.2. The van der Waals surface area contributed by atoms with Crippen LogP contribution in [0.25, 0.3) is 0 Å². The SMILES string of the molecule is CC(C)Oc1ccc(Nc2ncc(N)cc2C(=O)O)cc1. The lowest BCUT2D eigenvalue weighted by atomic mass is 10.2. The van der Waals surface area contributed by atoms with Gasteiger partial charge in [-0.2, -0.15) is 0 Å². The van der Waals surface area contributed by atoms with E-state index in [2.05, 4.69) is 10.3 Å². The van der Waals surface area contributed by atoms with Crippen molar-refractivity contribution in [3.8, 4) is 5.75 Å². The fourth-order valence-corrected chi connectivity index (χ4v) is 1.77. The summed E-state index contributed by atoms with van der Waals surface area (Å²) in [7, 11) is 0. The summed E-state index contributed by atoms with van der Waals surface area (Å²) in [6.45, 7) is 3.90. The van der Waals surface area contributed by atoms with Crippen LogP contribution >= 0.6 is 0 Å². The van der Waals surface area contributed by atoms with E-state index in [-0.39, 0.29) is 17.5 Å². The average Bonchev–Trinajstić information content (AvgIpc) is 2.42. The predicted molar refractivity (Wildman–Crippen MR) is 81.1 cm³/mol. The molecule has 0 aliphatic rings. The second-order valence-electron chi connectivity index (χ2n) is 4.79. The molecule has 6 nitrogen and oxygen atoms in total. The minimum atomic E-state index is -1.09. The molecule has 2 aromatic rings. The number of nitrogens with one attached hydrogen (secondary N) is 1. The molecule has 0 saturated carbocycles. The number of anilines is 3. The number of nitrogens with two attached hydrogens (primary N) is 1. The number of nitrogens with zero attached hydrogens (tertiary/aromatic N) is 1. The zero-order chi connectivity index (χ0) is 15.4. The van der Waals surface area contributed by atoms with E-state index < -0.39 is 5.97 Å². The lowest BCUT2D eigenvalue weighted by Crippen LogP contribution is -2.07. The third kappa shape index (κ3) is 3.85. The van der Waals surface area contributed by atoms with Crippen LogP contribution in [-0.4, -0.2) is 22.2 Å². The Morgan fingerprint density at radius 3 is 2.57 bits per heavy atom. The van der Waals surface area contributed by atoms with Crippen LogP contribution in [0.4, 0.5) is 17.2 Å². The highest BCUT2D eigenvalue weighted by molar-refractivity contribution is 5.94. The Labute approximate surface area is 122 Å². The van der Waals surface area contributed by atoms with E-state index in [9.17, 15) is 4.79 Å². The summed E-state index contributed by atoms with van der Waals surface area (Å²) >= 11 is 0. The number of aromatic nitrogens is 1. The highest BCUT2D eigenvalue weighted by atomic mass is 16.5. The Kier molecular flexibility index (Phi) is 4.27. The molecule has 1 heterocycles. The Bertz CT molecular complexity index is 639. The molecule has 0 spiro atoms. The molecule has 1 aromatic carbocycles. The molecule has 0 bridgehead atoms. The molecular weight excluding hydrogens is 270 g/mol. The largest absolute Gasteiger partial charge is 0.491 e. The number of nitrogen functional groups attached to an aromatic ring is 1. The van der Waals surface area contributed by atoms with Gasteiger partial charge in [-0.05, 0) is 44.2 Å². The molecule has 0 saturated heterocycles. The number of carboxylic acid groups (broad SMARTS) is 1. The number of carboxylic acids is 1. The van der Waals surface area contributed by atoms with Crippen LogP contribution in [-0.2, 0) is 0 Å². The van der Waals surface area contributed by atoms with Crippen LogP contribution < -0.4 is 15.8 Å². The molecule has 0 aliphatic carbocycles. The normalized spacial score (nSPS) is 10.4. The van der Waals surface area contributed by atoms with Crippen molar-refractivity contribution in [1.82, 2.24) is 4.98 Å². The van der Waals surface area contributed by atoms with Crippen molar-refractivity contribution in [1.29, 1.82) is 0 Å². The molecule has 0 aliphatic heterocycles. The topological polar surface area (TPSA) is 97.5 Å². The molecule has 0 radical (unpaired) electrons. The summed E-state index contributed by atoms with van der Waals surface area (Å²) in [5.74, 6) is -0.0921. The van der Waals surface area contributed by atoms with Crippen molar-refractivity contribution in [3.63, 3.8) is 0 Å². The smallest absolute Gasteiger partial charge is 0.339 e. The molecule has 4 N–H and O–H groups in total. The summed E-state index contributed by atoms with van der Waals surface area (Å²) in [6, 6.07) is 8.57. The quantitative estimate of drug-likeness (QED) is 0.782. The van der Waals surface area contributed by atoms with Gasteiger partial charge in [0.25, 0.3) is 0 Å². The monoisotopic (exact) mass is 287 g/mol. The average molecular weight is 287 g/mol. The number of hydrogen-bond acceptors (Lipinski definition) is 5. The predicted octanol–water partition coefficient (Wildman–Crippen LogP) is 2.89. The lowest BCUT2D eigenvalue weighted by Gasteiger charge is -2.12. The second-order valence-corrected chi connectivity index (χ2v) is 4.79. The van der Waals surface area contributed by atoms with E-state index in [4.69, 9.17) is 15.6 Å². The number of carbonyl (C=O) groups is 1. The Morgan fingerprint density at radius 1 is 1.33 bits per heavy atom. The van der Waals surface area contributed by atoms with Crippen LogP contribution in [0, 0.1) is 0 Å². The minimum Gasteiger partial charge on any atom is -0.491 e. The first-order valence-corrected chi connectivity index (χ1v) is 6.48. The fraction of sp³-hybridized carbons (Fsp3) is 0.200. The number of benzene rings is 1. The molecule has 0 unspecified atom stereocenters. The van der Waals surface area contributed by atoms with E-state index in [1.807, 2.05) is 13.8 Å². The van der Waals surface area contributed by atoms with E-state index in [0.717, 1.165) is 5.75 Å². The number of rotatable bonds is 5. The molecule has 21 heavy (non-hydrogen) atoms. The van der Waals surface area contributed by atoms with Crippen molar-refractivity contribution >= 4 is 23.2 Å². The summed E-state index contributed by atoms with van der Waals surface area (Å²) in [5, 5.41) is 12.1. The maximum Gasteiger partial charge on any atom is 0.339 e. The fourth-order valence-electron chi connectivity index (χ4n) is 1.77. The molecule has 1 aromatic heterocycles. The summed E-state index contributed by atoms with van der Waals surface area (Å²) in [5.41, 5.74) is 6.60. The molecule has 110 valence electrons. The first kappa shape index (κ1) is 14.6. The van der Waals surface area contributed by atoms with E-state index in [0.29, 0.717) is 11.4 Å². The molecule has 0 fully saturated rings. The van der Waals surface area contributed by atoms with Gasteiger partial charge in [0, 0.05) is 5.69 Å². The summed E-state index contributed by atoms with van der Waals surface area (Å²) < 4.78 is 5.54. The highest BCUT2D eigenvalue weighted by Crippen LogP contribution is 2.23. The second kappa shape index (κ2) is 6.13. The van der Waals surface area contributed by atoms with Crippen molar-refractivity contribution in [3.05, 3.63) is 42.1 Å². The summed E-state index contributed by atoms with van der Waals surface area (Å²) in [6.07, 6.45) is 1.51. The van der Waals surface area contributed by atoms with E-state index in [1.165, 1.54) is 12.3 Å².